The Morgan fingerprint density at radius 1 is 1.02 bits per heavy atom. The molecule has 0 radical (unpaired) electrons. The number of hydrogen-bond acceptors (Lipinski definition) is 7. The van der Waals surface area contributed by atoms with Crippen molar-refractivity contribution in [1.82, 2.24) is 0 Å². The summed E-state index contributed by atoms with van der Waals surface area (Å²) in [5.74, 6) is 7.48. The van der Waals surface area contributed by atoms with Crippen molar-refractivity contribution in [2.24, 2.45) is 34.2 Å². The normalized spacial score (nSPS) is 23.8. The third-order valence-corrected chi connectivity index (χ3v) is 11.9. The molecule has 0 amide bonds. The highest BCUT2D eigenvalue weighted by molar-refractivity contribution is 5.83. The highest BCUT2D eigenvalue weighted by Gasteiger charge is 2.40. The van der Waals surface area contributed by atoms with Gasteiger partial charge in [0.25, 0.3) is 0 Å². The van der Waals surface area contributed by atoms with E-state index in [9.17, 15) is 10.2 Å². The van der Waals surface area contributed by atoms with Crippen LogP contribution in [0.15, 0.2) is 41.4 Å². The fraction of sp³-hybridized carbons (Fsp3) is 0.533. The highest BCUT2D eigenvalue weighted by atomic mass is 16.5. The molecule has 0 saturated heterocycles. The van der Waals surface area contributed by atoms with Crippen molar-refractivity contribution in [2.75, 3.05) is 13.7 Å². The number of aliphatic hydroxyl groups is 1. The van der Waals surface area contributed by atoms with Gasteiger partial charge in [0, 0.05) is 42.5 Å². The van der Waals surface area contributed by atoms with Crippen LogP contribution in [0.2, 0.25) is 0 Å². The van der Waals surface area contributed by atoms with Gasteiger partial charge in [-0.05, 0) is 108 Å². The zero-order valence-corrected chi connectivity index (χ0v) is 32.3. The van der Waals surface area contributed by atoms with E-state index in [0.29, 0.717) is 42.6 Å². The maximum Gasteiger partial charge on any atom is 0.185 e. The van der Waals surface area contributed by atoms with E-state index in [1.54, 1.807) is 7.11 Å². The Bertz CT molecular complexity index is 1920. The zero-order chi connectivity index (χ0) is 37.9. The summed E-state index contributed by atoms with van der Waals surface area (Å²) in [6.07, 6.45) is 12.5. The van der Waals surface area contributed by atoms with Gasteiger partial charge >= 0.3 is 0 Å². The summed E-state index contributed by atoms with van der Waals surface area (Å²) in [4.78, 5) is 4.25. The van der Waals surface area contributed by atoms with E-state index in [-0.39, 0.29) is 29.8 Å². The molecule has 9 heteroatoms. The fourth-order valence-electron chi connectivity index (χ4n) is 9.38. The van der Waals surface area contributed by atoms with E-state index in [1.807, 2.05) is 30.3 Å². The highest BCUT2D eigenvalue weighted by Crippen LogP contribution is 2.54. The van der Waals surface area contributed by atoms with Crippen LogP contribution in [0, 0.1) is 29.8 Å². The second-order valence-corrected chi connectivity index (χ2v) is 16.2. The number of benzene rings is 3. The molecule has 7 rings (SSSR count). The molecule has 3 aromatic rings. The number of nitrogens with zero attached hydrogens (tertiary/aromatic N) is 1. The number of hydrogen-bond donors (Lipinski definition) is 4. The van der Waals surface area contributed by atoms with Crippen LogP contribution in [-0.2, 0) is 19.3 Å². The Morgan fingerprint density at radius 3 is 2.65 bits per heavy atom. The summed E-state index contributed by atoms with van der Waals surface area (Å²) in [6.45, 7) is 7.12. The molecule has 6 N–H and O–H groups in total. The first-order valence-corrected chi connectivity index (χ1v) is 20.1. The smallest absolute Gasteiger partial charge is 0.185 e. The zero-order valence-electron chi connectivity index (χ0n) is 32.3. The lowest BCUT2D eigenvalue weighted by atomic mass is 9.72. The molecule has 3 aromatic carbocycles. The molecule has 0 spiro atoms. The van der Waals surface area contributed by atoms with Crippen LogP contribution in [0.4, 0.5) is 0 Å². The van der Waals surface area contributed by atoms with Gasteiger partial charge in [-0.3, -0.25) is 4.99 Å². The van der Waals surface area contributed by atoms with Crippen molar-refractivity contribution in [3.8, 4) is 51.9 Å². The Hall–Kier alpha value is -4.55. The van der Waals surface area contributed by atoms with Crippen molar-refractivity contribution < 1.29 is 29.2 Å². The third kappa shape index (κ3) is 7.82. The minimum Gasteiger partial charge on any atom is -0.508 e. The molecule has 6 atom stereocenters. The molecule has 2 heterocycles. The number of methoxy groups -OCH3 is 1. The summed E-state index contributed by atoms with van der Waals surface area (Å²) < 4.78 is 25.8. The van der Waals surface area contributed by atoms with Crippen molar-refractivity contribution in [1.29, 1.82) is 0 Å². The van der Waals surface area contributed by atoms with Crippen LogP contribution in [0.25, 0.3) is 11.1 Å². The standard InChI is InChI=1S/C45H57N3O6/c1-5-6-7-10-29-20-31-22-35(49)32(19-26(2)3)21-33(31)42-40(51-4)25-38-34(41(29)42)24-36(50)44(53-38)30-14-15-37-39(23-30)54-43-27(13-9-18-52-37)11-8-12-28(43)16-17-48-45(46)47/h14-15,21-23,25-29,36,43-44,49-50H,5-8,10-13,16-17,19-20,24H2,1-4H3,(H4,46,47,48). The monoisotopic (exact) mass is 735 g/mol. The van der Waals surface area contributed by atoms with Gasteiger partial charge in [-0.25, -0.2) is 0 Å². The molecule has 6 unspecified atom stereocenters. The predicted octanol–water partition coefficient (Wildman–Crippen LogP) is 8.09. The van der Waals surface area contributed by atoms with Gasteiger partial charge < -0.3 is 40.6 Å². The maximum atomic E-state index is 12.0. The Labute approximate surface area is 320 Å². The molecule has 0 bridgehead atoms. The summed E-state index contributed by atoms with van der Waals surface area (Å²) >= 11 is 0. The molecule has 54 heavy (non-hydrogen) atoms. The van der Waals surface area contributed by atoms with Gasteiger partial charge in [0.05, 0.1) is 13.2 Å². The average molecular weight is 736 g/mol. The van der Waals surface area contributed by atoms with Gasteiger partial charge in [-0.15, -0.1) is 0 Å². The Balaban J connectivity index is 1.25. The number of aliphatic hydroxyl groups excluding tert-OH is 1. The average Bonchev–Trinajstić information content (AvgIpc) is 3.23. The van der Waals surface area contributed by atoms with Gasteiger partial charge in [0.2, 0.25) is 0 Å². The molecule has 2 aliphatic heterocycles. The molecule has 2 aliphatic carbocycles. The molecule has 1 saturated carbocycles. The molecule has 0 aromatic heterocycles. The third-order valence-electron chi connectivity index (χ3n) is 11.9. The number of phenols is 1. The summed E-state index contributed by atoms with van der Waals surface area (Å²) in [5, 5.41) is 23.1. The summed E-state index contributed by atoms with van der Waals surface area (Å²) in [5.41, 5.74) is 18.6. The first kappa shape index (κ1) is 37.8. The topological polar surface area (TPSA) is 142 Å². The number of phenolic OH excluding ortho intramolecular Hbond substituents is 1. The van der Waals surface area contributed by atoms with Crippen LogP contribution in [0.5, 0.6) is 28.7 Å². The Morgan fingerprint density at radius 2 is 1.87 bits per heavy atom. The first-order valence-electron chi connectivity index (χ1n) is 20.1. The number of guanidine groups is 1. The van der Waals surface area contributed by atoms with Crippen molar-refractivity contribution in [2.45, 2.75) is 122 Å². The quantitative estimate of drug-likeness (QED) is 0.0670. The van der Waals surface area contributed by atoms with E-state index in [2.05, 4.69) is 43.9 Å². The van der Waals surface area contributed by atoms with Crippen LogP contribution in [0.3, 0.4) is 0 Å². The number of nitrogens with two attached hydrogens (primary N) is 2. The Kier molecular flexibility index (Phi) is 11.5. The van der Waals surface area contributed by atoms with Gasteiger partial charge in [-0.1, -0.05) is 58.4 Å². The number of aromatic hydroxyl groups is 1. The van der Waals surface area contributed by atoms with Gasteiger partial charge in [0.15, 0.2) is 17.5 Å². The lowest BCUT2D eigenvalue weighted by molar-refractivity contribution is 0.0189. The lowest BCUT2D eigenvalue weighted by Crippen LogP contribution is -2.38. The number of aliphatic imine (C=N–C) groups is 1. The van der Waals surface area contributed by atoms with Crippen molar-refractivity contribution in [3.63, 3.8) is 0 Å². The fourth-order valence-corrected chi connectivity index (χ4v) is 9.38. The largest absolute Gasteiger partial charge is 0.508 e. The molecular formula is C45H57N3O6. The van der Waals surface area contributed by atoms with E-state index in [1.165, 1.54) is 5.56 Å². The van der Waals surface area contributed by atoms with E-state index >= 15 is 0 Å². The van der Waals surface area contributed by atoms with E-state index < -0.39 is 12.2 Å². The van der Waals surface area contributed by atoms with Gasteiger partial charge in [-0.2, -0.15) is 0 Å². The number of unbranched alkanes of at least 4 members (excludes halogenated alkanes) is 2. The maximum absolute atomic E-state index is 12.0. The molecular weight excluding hydrogens is 679 g/mol. The molecule has 9 nitrogen and oxygen atoms in total. The number of fused-ring (bicyclic) bond motifs is 7. The second-order valence-electron chi connectivity index (χ2n) is 16.2. The summed E-state index contributed by atoms with van der Waals surface area (Å²) in [6, 6.07) is 11.9. The summed E-state index contributed by atoms with van der Waals surface area (Å²) in [7, 11) is 1.72. The van der Waals surface area contributed by atoms with Crippen LogP contribution in [-0.4, -0.2) is 42.0 Å². The lowest BCUT2D eigenvalue weighted by Gasteiger charge is -2.38. The van der Waals surface area contributed by atoms with Crippen LogP contribution in [0.1, 0.15) is 118 Å². The second kappa shape index (κ2) is 16.4. The SMILES string of the molecule is CCCCCC1Cc2cc(O)c(CC(C)C)cc2-c2c(OC)cc3c(c21)CC(O)C(c1ccc2c(c1)OC1C(CC#CO2)CCCC1CCN=C(N)N)O3. The molecule has 1 fully saturated rings. The number of ether oxygens (including phenoxy) is 4. The number of rotatable bonds is 11. The van der Waals surface area contributed by atoms with Gasteiger partial charge in [0.1, 0.15) is 35.6 Å². The van der Waals surface area contributed by atoms with E-state index in [4.69, 9.17) is 30.4 Å². The minimum absolute atomic E-state index is 0.0675. The van der Waals surface area contributed by atoms with Crippen molar-refractivity contribution >= 4 is 5.96 Å². The minimum atomic E-state index is -0.797. The van der Waals surface area contributed by atoms with Crippen LogP contribution < -0.4 is 30.4 Å². The van der Waals surface area contributed by atoms with Crippen LogP contribution >= 0.6 is 0 Å². The predicted molar refractivity (Wildman–Crippen MR) is 212 cm³/mol. The first-order chi connectivity index (χ1) is 26.1. The molecule has 4 aliphatic rings. The van der Waals surface area contributed by atoms with Crippen molar-refractivity contribution in [3.05, 3.63) is 64.2 Å². The molecule has 288 valence electrons. The van der Waals surface area contributed by atoms with E-state index in [0.717, 1.165) is 109 Å².